The third-order valence-electron chi connectivity index (χ3n) is 7.62. The third kappa shape index (κ3) is 7.72. The number of para-hydroxylation sites is 1. The lowest BCUT2D eigenvalue weighted by molar-refractivity contribution is -0.136. The van der Waals surface area contributed by atoms with Gasteiger partial charge in [0.25, 0.3) is 0 Å². The minimum Gasteiger partial charge on any atom is -0.444 e. The zero-order chi connectivity index (χ0) is 32.2. The average molecular weight is 631 g/mol. The summed E-state index contributed by atoms with van der Waals surface area (Å²) in [7, 11) is -2.56. The fourth-order valence-corrected chi connectivity index (χ4v) is 6.43. The van der Waals surface area contributed by atoms with Crippen molar-refractivity contribution >= 4 is 38.6 Å². The third-order valence-corrected chi connectivity index (χ3v) is 8.92. The molecule has 10 nitrogen and oxygen atoms in total. The SMILES string of the molecule is CN(C(=O)OC(C)(C)C)[C@H](Cc1ccc(OS(=O)(=O)c2cccc3cnccc23)cc1)C(=O)N1CCN(c2ccccc2)CC1. The molecule has 236 valence electrons. The summed E-state index contributed by atoms with van der Waals surface area (Å²) in [5, 5.41) is 1.20. The molecule has 1 aliphatic rings. The maximum Gasteiger partial charge on any atom is 0.410 e. The Labute approximate surface area is 264 Å². The number of ether oxygens (including phenoxy) is 1. The lowest BCUT2D eigenvalue weighted by Gasteiger charge is -2.39. The van der Waals surface area contributed by atoms with E-state index in [2.05, 4.69) is 22.0 Å². The summed E-state index contributed by atoms with van der Waals surface area (Å²) in [5.41, 5.74) is 1.10. The summed E-state index contributed by atoms with van der Waals surface area (Å²) in [6, 6.07) is 22.3. The number of carbonyl (C=O) groups excluding carboxylic acids is 2. The first-order valence-electron chi connectivity index (χ1n) is 14.8. The normalized spacial score (nSPS) is 14.6. The van der Waals surface area contributed by atoms with Gasteiger partial charge in [-0.2, -0.15) is 8.42 Å². The topological polar surface area (TPSA) is 109 Å². The Bertz CT molecular complexity index is 1740. The van der Waals surface area contributed by atoms with Crippen LogP contribution in [0.5, 0.6) is 5.75 Å². The van der Waals surface area contributed by atoms with E-state index in [1.165, 1.54) is 17.2 Å². The lowest BCUT2D eigenvalue weighted by atomic mass is 10.0. The summed E-state index contributed by atoms with van der Waals surface area (Å²) >= 11 is 0. The van der Waals surface area contributed by atoms with Gasteiger partial charge in [-0.3, -0.25) is 14.7 Å². The molecule has 0 N–H and O–H groups in total. The Morgan fingerprint density at radius 2 is 1.60 bits per heavy atom. The largest absolute Gasteiger partial charge is 0.444 e. The van der Waals surface area contributed by atoms with Crippen LogP contribution in [0, 0.1) is 0 Å². The maximum absolute atomic E-state index is 13.9. The molecule has 45 heavy (non-hydrogen) atoms. The van der Waals surface area contributed by atoms with Gasteiger partial charge in [0, 0.05) is 68.5 Å². The highest BCUT2D eigenvalue weighted by molar-refractivity contribution is 7.87. The molecular weight excluding hydrogens is 592 g/mol. The minimum atomic E-state index is -4.13. The standard InChI is InChI=1S/C34H38N4O6S/c1-34(2,3)43-33(40)36(4)30(32(39)38-21-19-37(20-22-38)27-10-6-5-7-11-27)23-25-13-15-28(16-14-25)44-45(41,42)31-12-8-9-26-24-35-18-17-29(26)31/h5-18,24,30H,19-23H2,1-4H3/t30-/m1/s1. The predicted molar refractivity (Wildman–Crippen MR) is 173 cm³/mol. The fraction of sp³-hybridized carbons (Fsp3) is 0.324. The second-order valence-corrected chi connectivity index (χ2v) is 13.5. The van der Waals surface area contributed by atoms with Crippen molar-refractivity contribution in [3.05, 3.63) is 96.8 Å². The Morgan fingerprint density at radius 3 is 2.27 bits per heavy atom. The van der Waals surface area contributed by atoms with Crippen LogP contribution < -0.4 is 9.08 Å². The first kappa shape index (κ1) is 31.8. The van der Waals surface area contributed by atoms with Crippen molar-refractivity contribution in [1.29, 1.82) is 0 Å². The number of carbonyl (C=O) groups is 2. The van der Waals surface area contributed by atoms with Gasteiger partial charge in [-0.25, -0.2) is 4.79 Å². The first-order chi connectivity index (χ1) is 21.4. The lowest BCUT2D eigenvalue weighted by Crippen LogP contribution is -2.56. The summed E-state index contributed by atoms with van der Waals surface area (Å²) in [5.74, 6) is -0.0466. The zero-order valence-electron chi connectivity index (χ0n) is 25.9. The minimum absolute atomic E-state index is 0.0449. The number of likely N-dealkylation sites (N-methyl/N-ethyl adjacent to an activating group) is 1. The van der Waals surface area contributed by atoms with Gasteiger partial charge in [-0.1, -0.05) is 42.5 Å². The van der Waals surface area contributed by atoms with Crippen LogP contribution in [0.15, 0.2) is 96.2 Å². The van der Waals surface area contributed by atoms with Crippen molar-refractivity contribution in [3.8, 4) is 5.75 Å². The van der Waals surface area contributed by atoms with Gasteiger partial charge >= 0.3 is 16.2 Å². The van der Waals surface area contributed by atoms with Crippen molar-refractivity contribution in [2.45, 2.75) is 43.7 Å². The molecule has 0 saturated carbocycles. The Hall–Kier alpha value is -4.64. The van der Waals surface area contributed by atoms with Crippen molar-refractivity contribution < 1.29 is 26.9 Å². The molecular formula is C34H38N4O6S. The molecule has 1 aliphatic heterocycles. The van der Waals surface area contributed by atoms with Crippen LogP contribution >= 0.6 is 0 Å². The van der Waals surface area contributed by atoms with E-state index in [1.807, 2.05) is 18.2 Å². The van der Waals surface area contributed by atoms with Gasteiger partial charge in [0.2, 0.25) is 5.91 Å². The number of anilines is 1. The Balaban J connectivity index is 1.32. The summed E-state index contributed by atoms with van der Waals surface area (Å²) in [6.07, 6.45) is 2.74. The van der Waals surface area contributed by atoms with Gasteiger partial charge in [-0.15, -0.1) is 0 Å². The number of nitrogens with zero attached hydrogens (tertiary/aromatic N) is 4. The van der Waals surface area contributed by atoms with E-state index in [0.717, 1.165) is 11.3 Å². The van der Waals surface area contributed by atoms with Crippen molar-refractivity contribution in [2.75, 3.05) is 38.1 Å². The van der Waals surface area contributed by atoms with Crippen molar-refractivity contribution in [3.63, 3.8) is 0 Å². The van der Waals surface area contributed by atoms with E-state index in [1.54, 1.807) is 81.4 Å². The van der Waals surface area contributed by atoms with E-state index in [4.69, 9.17) is 8.92 Å². The van der Waals surface area contributed by atoms with Gasteiger partial charge in [0.05, 0.1) is 0 Å². The molecule has 3 aromatic carbocycles. The second kappa shape index (κ2) is 13.2. The van der Waals surface area contributed by atoms with Crippen LogP contribution in [0.3, 0.4) is 0 Å². The first-order valence-corrected chi connectivity index (χ1v) is 16.2. The molecule has 1 atom stereocenters. The number of fused-ring (bicyclic) bond motifs is 1. The number of amides is 2. The molecule has 4 aromatic rings. The molecule has 2 amide bonds. The predicted octanol–water partition coefficient (Wildman–Crippen LogP) is 5.13. The number of hydrogen-bond acceptors (Lipinski definition) is 8. The van der Waals surface area contributed by atoms with Crippen LogP contribution in [-0.2, 0) is 26.1 Å². The highest BCUT2D eigenvalue weighted by Gasteiger charge is 2.34. The number of aromatic nitrogens is 1. The molecule has 5 rings (SSSR count). The number of hydrogen-bond donors (Lipinski definition) is 0. The van der Waals surface area contributed by atoms with E-state index in [9.17, 15) is 18.0 Å². The average Bonchev–Trinajstić information content (AvgIpc) is 3.03. The molecule has 0 radical (unpaired) electrons. The monoisotopic (exact) mass is 630 g/mol. The summed E-state index contributed by atoms with van der Waals surface area (Å²) in [6.45, 7) is 7.71. The molecule has 2 heterocycles. The van der Waals surface area contributed by atoms with Crippen LogP contribution in [0.25, 0.3) is 10.8 Å². The van der Waals surface area contributed by atoms with Crippen molar-refractivity contribution in [1.82, 2.24) is 14.8 Å². The highest BCUT2D eigenvalue weighted by atomic mass is 32.2. The summed E-state index contributed by atoms with van der Waals surface area (Å²) < 4.78 is 37.4. The maximum atomic E-state index is 13.9. The number of pyridine rings is 1. The molecule has 1 fully saturated rings. The van der Waals surface area contributed by atoms with E-state index < -0.39 is 27.9 Å². The van der Waals surface area contributed by atoms with Gasteiger partial charge in [-0.05, 0) is 62.7 Å². The smallest absolute Gasteiger partial charge is 0.410 e. The van der Waals surface area contributed by atoms with Crippen LogP contribution in [-0.4, -0.2) is 80.1 Å². The number of benzene rings is 3. The van der Waals surface area contributed by atoms with Gasteiger partial charge in [0.15, 0.2) is 0 Å². The quantitative estimate of drug-likeness (QED) is 0.247. The Kier molecular flexibility index (Phi) is 9.29. The fourth-order valence-electron chi connectivity index (χ4n) is 5.27. The molecule has 0 unspecified atom stereocenters. The second-order valence-electron chi connectivity index (χ2n) is 12.0. The van der Waals surface area contributed by atoms with E-state index >= 15 is 0 Å². The molecule has 0 spiro atoms. The van der Waals surface area contributed by atoms with Crippen molar-refractivity contribution in [2.24, 2.45) is 0 Å². The zero-order valence-corrected chi connectivity index (χ0v) is 26.7. The van der Waals surface area contributed by atoms with Gasteiger partial charge in [0.1, 0.15) is 22.3 Å². The summed E-state index contributed by atoms with van der Waals surface area (Å²) in [4.78, 5) is 36.5. The molecule has 11 heteroatoms. The van der Waals surface area contributed by atoms with E-state index in [-0.39, 0.29) is 23.0 Å². The number of piperazine rings is 1. The van der Waals surface area contributed by atoms with Crippen LogP contribution in [0.2, 0.25) is 0 Å². The molecule has 1 aromatic heterocycles. The van der Waals surface area contributed by atoms with Crippen LogP contribution in [0.4, 0.5) is 10.5 Å². The van der Waals surface area contributed by atoms with Crippen LogP contribution in [0.1, 0.15) is 26.3 Å². The number of rotatable bonds is 8. The molecule has 1 saturated heterocycles. The molecule has 0 bridgehead atoms. The molecule has 0 aliphatic carbocycles. The highest BCUT2D eigenvalue weighted by Crippen LogP contribution is 2.26. The van der Waals surface area contributed by atoms with Gasteiger partial charge < -0.3 is 18.7 Å². The van der Waals surface area contributed by atoms with E-state index in [0.29, 0.717) is 37.0 Å². The Morgan fingerprint density at radius 1 is 0.911 bits per heavy atom.